The third-order valence-electron chi connectivity index (χ3n) is 3.12. The molecule has 1 aromatic heterocycles. The smallest absolute Gasteiger partial charge is 0.311 e. The monoisotopic (exact) mass is 295 g/mol. The standard InChI is InChI=1S/C14H25N5O2/c1-5-15-13-9-8-12(19(20)21)14(16-13)18(6-2)11-7-10-17(3)4/h8-9H,5-7,10-11H2,1-4H3,(H,15,16). The molecule has 7 nitrogen and oxygen atoms in total. The molecule has 0 fully saturated rings. The van der Waals surface area contributed by atoms with Crippen LogP contribution in [0, 0.1) is 10.1 Å². The Balaban J connectivity index is 2.97. The van der Waals surface area contributed by atoms with Crippen LogP contribution in [0.5, 0.6) is 0 Å². The topological polar surface area (TPSA) is 74.5 Å². The highest BCUT2D eigenvalue weighted by molar-refractivity contribution is 5.61. The quantitative estimate of drug-likeness (QED) is 0.556. The van der Waals surface area contributed by atoms with Crippen molar-refractivity contribution in [2.45, 2.75) is 20.3 Å². The molecule has 0 saturated carbocycles. The number of nitro groups is 1. The van der Waals surface area contributed by atoms with E-state index in [0.717, 1.165) is 26.1 Å². The Kier molecular flexibility index (Phi) is 6.87. The van der Waals surface area contributed by atoms with Crippen molar-refractivity contribution in [2.75, 3.05) is 50.5 Å². The first kappa shape index (κ1) is 17.2. The summed E-state index contributed by atoms with van der Waals surface area (Å²) < 4.78 is 0. The highest BCUT2D eigenvalue weighted by Gasteiger charge is 2.20. The van der Waals surface area contributed by atoms with Gasteiger partial charge in [-0.1, -0.05) is 0 Å². The van der Waals surface area contributed by atoms with Crippen LogP contribution in [0.3, 0.4) is 0 Å². The van der Waals surface area contributed by atoms with Gasteiger partial charge in [-0.25, -0.2) is 4.98 Å². The average molecular weight is 295 g/mol. The highest BCUT2D eigenvalue weighted by Crippen LogP contribution is 2.27. The normalized spacial score (nSPS) is 10.7. The van der Waals surface area contributed by atoms with Crippen LogP contribution >= 0.6 is 0 Å². The molecule has 1 aromatic rings. The molecule has 0 aliphatic carbocycles. The van der Waals surface area contributed by atoms with Crippen LogP contribution < -0.4 is 10.2 Å². The first-order valence-electron chi connectivity index (χ1n) is 7.28. The van der Waals surface area contributed by atoms with Gasteiger partial charge in [-0.2, -0.15) is 0 Å². The number of hydrogen-bond donors (Lipinski definition) is 1. The zero-order valence-corrected chi connectivity index (χ0v) is 13.3. The predicted octanol–water partition coefficient (Wildman–Crippen LogP) is 2.20. The van der Waals surface area contributed by atoms with Gasteiger partial charge in [0.05, 0.1) is 4.92 Å². The van der Waals surface area contributed by atoms with Crippen molar-refractivity contribution in [1.82, 2.24) is 9.88 Å². The van der Waals surface area contributed by atoms with Crippen molar-refractivity contribution < 1.29 is 4.92 Å². The Hall–Kier alpha value is -1.89. The summed E-state index contributed by atoms with van der Waals surface area (Å²) in [4.78, 5) is 19.3. The molecule has 0 radical (unpaired) electrons. The highest BCUT2D eigenvalue weighted by atomic mass is 16.6. The number of anilines is 2. The summed E-state index contributed by atoms with van der Waals surface area (Å²) >= 11 is 0. The number of hydrogen-bond acceptors (Lipinski definition) is 6. The van der Waals surface area contributed by atoms with Crippen molar-refractivity contribution in [2.24, 2.45) is 0 Å². The first-order valence-corrected chi connectivity index (χ1v) is 7.28. The third-order valence-corrected chi connectivity index (χ3v) is 3.12. The third kappa shape index (κ3) is 5.18. The minimum atomic E-state index is -0.368. The van der Waals surface area contributed by atoms with Crippen LogP contribution in [-0.2, 0) is 0 Å². The van der Waals surface area contributed by atoms with E-state index in [1.165, 1.54) is 6.07 Å². The number of rotatable bonds is 9. The van der Waals surface area contributed by atoms with Gasteiger partial charge in [0.25, 0.3) is 0 Å². The minimum absolute atomic E-state index is 0.0587. The second-order valence-electron chi connectivity index (χ2n) is 5.06. The summed E-state index contributed by atoms with van der Waals surface area (Å²) in [6, 6.07) is 3.17. The maximum Gasteiger partial charge on any atom is 0.311 e. The SMILES string of the molecule is CCNc1ccc([N+](=O)[O-])c(N(CC)CCCN(C)C)n1. The van der Waals surface area contributed by atoms with Crippen LogP contribution in [0.15, 0.2) is 12.1 Å². The largest absolute Gasteiger partial charge is 0.370 e. The van der Waals surface area contributed by atoms with E-state index in [-0.39, 0.29) is 10.6 Å². The van der Waals surface area contributed by atoms with Gasteiger partial charge < -0.3 is 15.1 Å². The van der Waals surface area contributed by atoms with Crippen molar-refractivity contribution in [1.29, 1.82) is 0 Å². The Bertz CT molecular complexity index is 465. The zero-order valence-electron chi connectivity index (χ0n) is 13.3. The molecule has 21 heavy (non-hydrogen) atoms. The van der Waals surface area contributed by atoms with Gasteiger partial charge in [-0.05, 0) is 47.0 Å². The molecular formula is C14H25N5O2. The Morgan fingerprint density at radius 2 is 2.00 bits per heavy atom. The van der Waals surface area contributed by atoms with Crippen LogP contribution in [0.25, 0.3) is 0 Å². The Morgan fingerprint density at radius 1 is 1.29 bits per heavy atom. The van der Waals surface area contributed by atoms with E-state index in [9.17, 15) is 10.1 Å². The molecular weight excluding hydrogens is 270 g/mol. The second kappa shape index (κ2) is 8.41. The lowest BCUT2D eigenvalue weighted by Crippen LogP contribution is -2.28. The average Bonchev–Trinajstić information content (AvgIpc) is 2.43. The van der Waals surface area contributed by atoms with Crippen molar-refractivity contribution >= 4 is 17.3 Å². The molecule has 0 unspecified atom stereocenters. The van der Waals surface area contributed by atoms with Gasteiger partial charge in [0, 0.05) is 25.7 Å². The summed E-state index contributed by atoms with van der Waals surface area (Å²) in [5, 5.41) is 14.3. The maximum absolute atomic E-state index is 11.2. The van der Waals surface area contributed by atoms with E-state index in [2.05, 4.69) is 15.2 Å². The molecule has 0 atom stereocenters. The lowest BCUT2D eigenvalue weighted by Gasteiger charge is -2.23. The minimum Gasteiger partial charge on any atom is -0.370 e. The second-order valence-corrected chi connectivity index (χ2v) is 5.06. The van der Waals surface area contributed by atoms with Crippen molar-refractivity contribution in [3.05, 3.63) is 22.2 Å². The van der Waals surface area contributed by atoms with Gasteiger partial charge in [0.2, 0.25) is 5.82 Å². The number of pyridine rings is 1. The van der Waals surface area contributed by atoms with E-state index in [0.29, 0.717) is 18.2 Å². The predicted molar refractivity (Wildman–Crippen MR) is 86.1 cm³/mol. The van der Waals surface area contributed by atoms with E-state index in [1.807, 2.05) is 32.8 Å². The van der Waals surface area contributed by atoms with E-state index in [1.54, 1.807) is 6.07 Å². The molecule has 7 heteroatoms. The molecule has 0 spiro atoms. The molecule has 0 saturated heterocycles. The van der Waals surface area contributed by atoms with E-state index >= 15 is 0 Å². The van der Waals surface area contributed by atoms with Gasteiger partial charge in [-0.3, -0.25) is 10.1 Å². The number of aromatic nitrogens is 1. The van der Waals surface area contributed by atoms with Crippen LogP contribution in [0.4, 0.5) is 17.3 Å². The van der Waals surface area contributed by atoms with Crippen molar-refractivity contribution in [3.8, 4) is 0 Å². The van der Waals surface area contributed by atoms with Crippen molar-refractivity contribution in [3.63, 3.8) is 0 Å². The Labute approximate surface area is 126 Å². The molecule has 1 rings (SSSR count). The van der Waals surface area contributed by atoms with Crippen LogP contribution in [0.1, 0.15) is 20.3 Å². The lowest BCUT2D eigenvalue weighted by molar-refractivity contribution is -0.384. The summed E-state index contributed by atoms with van der Waals surface area (Å²) in [7, 11) is 4.03. The molecule has 0 aromatic carbocycles. The fraction of sp³-hybridized carbons (Fsp3) is 0.643. The van der Waals surface area contributed by atoms with Gasteiger partial charge >= 0.3 is 5.69 Å². The fourth-order valence-electron chi connectivity index (χ4n) is 2.09. The first-order chi connectivity index (χ1) is 9.99. The van der Waals surface area contributed by atoms with E-state index in [4.69, 9.17) is 0 Å². The number of nitrogens with one attached hydrogen (secondary N) is 1. The fourth-order valence-corrected chi connectivity index (χ4v) is 2.09. The maximum atomic E-state index is 11.2. The summed E-state index contributed by atoms with van der Waals surface area (Å²) in [6.07, 6.45) is 0.936. The number of nitrogens with zero attached hydrogens (tertiary/aromatic N) is 4. The van der Waals surface area contributed by atoms with Gasteiger partial charge in [0.1, 0.15) is 5.82 Å². The molecule has 0 bridgehead atoms. The zero-order chi connectivity index (χ0) is 15.8. The van der Waals surface area contributed by atoms with E-state index < -0.39 is 0 Å². The lowest BCUT2D eigenvalue weighted by atomic mass is 10.3. The van der Waals surface area contributed by atoms with Gasteiger partial charge in [0.15, 0.2) is 0 Å². The molecule has 0 aliphatic heterocycles. The Morgan fingerprint density at radius 3 is 2.52 bits per heavy atom. The molecule has 0 aliphatic rings. The summed E-state index contributed by atoms with van der Waals surface area (Å²) in [6.45, 7) is 7.07. The molecule has 1 N–H and O–H groups in total. The molecule has 0 amide bonds. The summed E-state index contributed by atoms with van der Waals surface area (Å²) in [5.74, 6) is 1.11. The molecule has 1 heterocycles. The molecule has 118 valence electrons. The van der Waals surface area contributed by atoms with Crippen LogP contribution in [0.2, 0.25) is 0 Å². The van der Waals surface area contributed by atoms with Gasteiger partial charge in [-0.15, -0.1) is 0 Å². The summed E-state index contributed by atoms with van der Waals surface area (Å²) in [5.41, 5.74) is 0.0587. The van der Waals surface area contributed by atoms with Crippen LogP contribution in [-0.4, -0.2) is 55.1 Å².